The number of rotatable bonds is 2. The zero-order chi connectivity index (χ0) is 14.2. The normalized spacial score (nSPS) is 10.5. The Morgan fingerprint density at radius 2 is 2.21 bits per heavy atom. The van der Waals surface area contributed by atoms with E-state index >= 15 is 0 Å². The third kappa shape index (κ3) is 2.45. The van der Waals surface area contributed by atoms with Gasteiger partial charge in [-0.2, -0.15) is 0 Å². The van der Waals surface area contributed by atoms with Crippen LogP contribution >= 0.6 is 23.2 Å². The van der Waals surface area contributed by atoms with Gasteiger partial charge in [-0.3, -0.25) is 10.1 Å². The van der Waals surface area contributed by atoms with E-state index in [4.69, 9.17) is 23.2 Å². The average molecular weight is 306 g/mol. The van der Waals surface area contributed by atoms with E-state index < -0.39 is 28.1 Å². The van der Waals surface area contributed by atoms with Crippen molar-refractivity contribution in [2.75, 3.05) is 5.32 Å². The molecule has 1 amide bonds. The van der Waals surface area contributed by atoms with Crippen LogP contribution in [-0.4, -0.2) is 31.2 Å². The van der Waals surface area contributed by atoms with Crippen molar-refractivity contribution in [1.82, 2.24) is 20.2 Å². The van der Waals surface area contributed by atoms with Gasteiger partial charge in [0.05, 0.1) is 15.6 Å². The molecule has 1 aromatic heterocycles. The molecular weight excluding hydrogens is 300 g/mol. The summed E-state index contributed by atoms with van der Waals surface area (Å²) in [6, 6.07) is 0.784. The van der Waals surface area contributed by atoms with E-state index in [1.165, 1.54) is 11.7 Å². The van der Waals surface area contributed by atoms with Gasteiger partial charge in [-0.25, -0.2) is 9.07 Å². The van der Waals surface area contributed by atoms with E-state index in [9.17, 15) is 14.3 Å². The van der Waals surface area contributed by atoms with Crippen LogP contribution in [0, 0.1) is 5.82 Å². The maximum atomic E-state index is 13.7. The molecule has 1 heterocycles. The number of tetrazole rings is 1. The Balaban J connectivity index is 2.40. The summed E-state index contributed by atoms with van der Waals surface area (Å²) in [5.41, 5.74) is -0.549. The molecule has 0 saturated heterocycles. The van der Waals surface area contributed by atoms with Crippen molar-refractivity contribution in [2.45, 2.75) is 0 Å². The summed E-state index contributed by atoms with van der Waals surface area (Å²) in [6.07, 6.45) is 0. The molecule has 19 heavy (non-hydrogen) atoms. The predicted molar refractivity (Wildman–Crippen MR) is 64.8 cm³/mol. The van der Waals surface area contributed by atoms with Crippen molar-refractivity contribution in [1.29, 1.82) is 0 Å². The second-order valence-electron chi connectivity index (χ2n) is 3.46. The Morgan fingerprint density at radius 1 is 1.53 bits per heavy atom. The lowest BCUT2D eigenvalue weighted by atomic mass is 10.2. The summed E-state index contributed by atoms with van der Waals surface area (Å²) in [4.78, 5) is 11.9. The molecule has 0 unspecified atom stereocenters. The fraction of sp³-hybridized carbons (Fsp3) is 0.111. The standard InChI is InChI=1S/C9H6Cl2FN5O2/c1-17-9(14-15-16-17)13-8(19)5-4(12)2-3(10)7(18)6(5)11/h2,18H,1H3,(H,13,14,16,19). The molecule has 0 saturated carbocycles. The smallest absolute Gasteiger partial charge is 0.262 e. The van der Waals surface area contributed by atoms with Crippen LogP contribution in [0.5, 0.6) is 5.75 Å². The number of hydrogen-bond acceptors (Lipinski definition) is 5. The van der Waals surface area contributed by atoms with Gasteiger partial charge in [0.2, 0.25) is 5.95 Å². The number of carbonyl (C=O) groups excluding carboxylic acids is 1. The molecular formula is C9H6Cl2FN5O2. The first-order chi connectivity index (χ1) is 8.91. The van der Waals surface area contributed by atoms with Gasteiger partial charge in [0, 0.05) is 7.05 Å². The van der Waals surface area contributed by atoms with Crippen LogP contribution in [0.1, 0.15) is 10.4 Å². The van der Waals surface area contributed by atoms with Gasteiger partial charge in [0.1, 0.15) is 5.82 Å². The van der Waals surface area contributed by atoms with Gasteiger partial charge in [-0.15, -0.1) is 0 Å². The molecule has 2 aromatic rings. The lowest BCUT2D eigenvalue weighted by molar-refractivity contribution is 0.102. The third-order valence-corrected chi connectivity index (χ3v) is 2.87. The summed E-state index contributed by atoms with van der Waals surface area (Å²) in [7, 11) is 1.48. The largest absolute Gasteiger partial charge is 0.505 e. The molecule has 0 radical (unpaired) electrons. The topological polar surface area (TPSA) is 92.9 Å². The fourth-order valence-corrected chi connectivity index (χ4v) is 1.80. The van der Waals surface area contributed by atoms with Gasteiger partial charge in [0.25, 0.3) is 5.91 Å². The molecule has 0 spiro atoms. The highest BCUT2D eigenvalue weighted by molar-refractivity contribution is 6.39. The number of nitrogens with one attached hydrogen (secondary N) is 1. The molecule has 0 aliphatic carbocycles. The quantitative estimate of drug-likeness (QED) is 0.879. The zero-order valence-electron chi connectivity index (χ0n) is 9.36. The molecule has 1 aromatic carbocycles. The highest BCUT2D eigenvalue weighted by Crippen LogP contribution is 2.36. The molecule has 0 aliphatic rings. The first-order valence-electron chi connectivity index (χ1n) is 4.82. The van der Waals surface area contributed by atoms with Gasteiger partial charge >= 0.3 is 0 Å². The van der Waals surface area contributed by atoms with Crippen molar-refractivity contribution in [2.24, 2.45) is 7.05 Å². The number of aromatic hydroxyl groups is 1. The monoisotopic (exact) mass is 305 g/mol. The SMILES string of the molecule is Cn1nnnc1NC(=O)c1c(F)cc(Cl)c(O)c1Cl. The Labute approximate surface area is 115 Å². The summed E-state index contributed by atoms with van der Waals surface area (Å²) in [5.74, 6) is -2.46. The number of amides is 1. The number of benzene rings is 1. The van der Waals surface area contributed by atoms with Gasteiger partial charge in [-0.1, -0.05) is 28.3 Å². The second-order valence-corrected chi connectivity index (χ2v) is 4.24. The van der Waals surface area contributed by atoms with Crippen LogP contribution in [0.25, 0.3) is 0 Å². The van der Waals surface area contributed by atoms with Crippen LogP contribution in [0.3, 0.4) is 0 Å². The van der Waals surface area contributed by atoms with E-state index in [-0.39, 0.29) is 11.0 Å². The maximum Gasteiger partial charge on any atom is 0.262 e. The number of halogens is 3. The predicted octanol–water partition coefficient (Wildman–Crippen LogP) is 1.61. The molecule has 7 nitrogen and oxygen atoms in total. The summed E-state index contributed by atoms with van der Waals surface area (Å²) in [5, 5.41) is 21.2. The number of aromatic nitrogens is 4. The molecule has 2 N–H and O–H groups in total. The number of nitrogens with zero attached hydrogens (tertiary/aromatic N) is 4. The number of aryl methyl sites for hydroxylation is 1. The minimum atomic E-state index is -0.972. The Bertz CT molecular complexity index is 660. The molecule has 0 bridgehead atoms. The average Bonchev–Trinajstić information content (AvgIpc) is 2.72. The van der Waals surface area contributed by atoms with Gasteiger partial charge in [-0.05, 0) is 16.5 Å². The lowest BCUT2D eigenvalue weighted by Crippen LogP contribution is -2.17. The fourth-order valence-electron chi connectivity index (χ4n) is 1.29. The van der Waals surface area contributed by atoms with E-state index in [1.807, 2.05) is 0 Å². The first-order valence-corrected chi connectivity index (χ1v) is 5.57. The van der Waals surface area contributed by atoms with Crippen LogP contribution in [0.2, 0.25) is 10.0 Å². The zero-order valence-corrected chi connectivity index (χ0v) is 10.9. The molecule has 100 valence electrons. The van der Waals surface area contributed by atoms with Crippen molar-refractivity contribution in [3.63, 3.8) is 0 Å². The van der Waals surface area contributed by atoms with E-state index in [0.29, 0.717) is 0 Å². The van der Waals surface area contributed by atoms with Gasteiger partial charge < -0.3 is 5.11 Å². The van der Waals surface area contributed by atoms with Crippen LogP contribution < -0.4 is 5.32 Å². The van der Waals surface area contributed by atoms with E-state index in [2.05, 4.69) is 20.8 Å². The lowest BCUT2D eigenvalue weighted by Gasteiger charge is -2.08. The molecule has 2 rings (SSSR count). The number of carbonyl (C=O) groups is 1. The number of anilines is 1. The van der Waals surface area contributed by atoms with Crippen molar-refractivity contribution in [3.05, 3.63) is 27.5 Å². The van der Waals surface area contributed by atoms with Crippen LogP contribution in [-0.2, 0) is 7.05 Å². The molecule has 10 heteroatoms. The van der Waals surface area contributed by atoms with E-state index in [1.54, 1.807) is 0 Å². The highest BCUT2D eigenvalue weighted by atomic mass is 35.5. The Hall–Kier alpha value is -1.93. The van der Waals surface area contributed by atoms with Crippen LogP contribution in [0.4, 0.5) is 10.3 Å². The van der Waals surface area contributed by atoms with Crippen molar-refractivity contribution in [3.8, 4) is 5.75 Å². The van der Waals surface area contributed by atoms with E-state index in [0.717, 1.165) is 6.07 Å². The van der Waals surface area contributed by atoms with Crippen molar-refractivity contribution < 1.29 is 14.3 Å². The number of phenolic OH excluding ortho intramolecular Hbond substituents is 1. The minimum Gasteiger partial charge on any atom is -0.505 e. The molecule has 0 atom stereocenters. The summed E-state index contributed by atoms with van der Waals surface area (Å²) >= 11 is 11.2. The summed E-state index contributed by atoms with van der Waals surface area (Å²) in [6.45, 7) is 0. The Kier molecular flexibility index (Phi) is 3.54. The maximum absolute atomic E-state index is 13.7. The third-order valence-electron chi connectivity index (χ3n) is 2.22. The molecule has 0 aliphatic heterocycles. The highest BCUT2D eigenvalue weighted by Gasteiger charge is 2.22. The van der Waals surface area contributed by atoms with Crippen LogP contribution in [0.15, 0.2) is 6.07 Å². The number of hydrogen-bond donors (Lipinski definition) is 2. The number of phenols is 1. The Morgan fingerprint density at radius 3 is 2.79 bits per heavy atom. The summed E-state index contributed by atoms with van der Waals surface area (Å²) < 4.78 is 14.8. The molecule has 0 fully saturated rings. The van der Waals surface area contributed by atoms with Gasteiger partial charge in [0.15, 0.2) is 5.75 Å². The second kappa shape index (κ2) is 4.98. The van der Waals surface area contributed by atoms with Crippen molar-refractivity contribution >= 4 is 35.1 Å². The first kappa shape index (κ1) is 13.5. The minimum absolute atomic E-state index is 0.00472.